The Morgan fingerprint density at radius 3 is 2.67 bits per heavy atom. The van der Waals surface area contributed by atoms with Gasteiger partial charge < -0.3 is 9.73 Å². The number of oxazole rings is 1. The van der Waals surface area contributed by atoms with Crippen molar-refractivity contribution in [2.45, 2.75) is 83.7 Å². The zero-order valence-corrected chi connectivity index (χ0v) is 13.8. The molecule has 0 saturated heterocycles. The smallest absolute Gasteiger partial charge is 0.181 e. The third-order valence-corrected chi connectivity index (χ3v) is 5.37. The Labute approximate surface area is 128 Å². The Morgan fingerprint density at radius 2 is 1.90 bits per heavy atom. The molecule has 0 spiro atoms. The molecule has 3 rings (SSSR count). The van der Waals surface area contributed by atoms with E-state index in [4.69, 9.17) is 4.42 Å². The van der Waals surface area contributed by atoms with Crippen LogP contribution in [-0.2, 0) is 6.54 Å². The molecule has 0 aliphatic heterocycles. The molecule has 1 heterocycles. The first-order valence-electron chi connectivity index (χ1n) is 8.70. The number of fused-ring (bicyclic) bond motifs is 1. The summed E-state index contributed by atoms with van der Waals surface area (Å²) < 4.78 is 5.80. The van der Waals surface area contributed by atoms with E-state index in [0.717, 1.165) is 29.8 Å². The van der Waals surface area contributed by atoms with Gasteiger partial charge >= 0.3 is 0 Å². The van der Waals surface area contributed by atoms with Gasteiger partial charge in [-0.3, -0.25) is 0 Å². The summed E-state index contributed by atoms with van der Waals surface area (Å²) in [6, 6.07) is 0. The molecule has 3 heteroatoms. The minimum absolute atomic E-state index is 0.122. The summed E-state index contributed by atoms with van der Waals surface area (Å²) in [5, 5.41) is 3.54. The lowest BCUT2D eigenvalue weighted by atomic mass is 9.67. The lowest BCUT2D eigenvalue weighted by Crippen LogP contribution is -2.35. The molecule has 2 aliphatic rings. The summed E-state index contributed by atoms with van der Waals surface area (Å²) in [7, 11) is 0. The second-order valence-corrected chi connectivity index (χ2v) is 8.08. The van der Waals surface area contributed by atoms with Crippen molar-refractivity contribution in [3.63, 3.8) is 0 Å². The maximum Gasteiger partial charge on any atom is 0.181 e. The predicted octanol–water partition coefficient (Wildman–Crippen LogP) is 4.64. The van der Waals surface area contributed by atoms with E-state index in [-0.39, 0.29) is 5.54 Å². The second kappa shape index (κ2) is 6.12. The highest BCUT2D eigenvalue weighted by Gasteiger charge is 2.35. The molecule has 3 nitrogen and oxygen atoms in total. The molecule has 1 aromatic rings. The van der Waals surface area contributed by atoms with E-state index < -0.39 is 0 Å². The minimum atomic E-state index is 0.122. The molecule has 0 radical (unpaired) electrons. The van der Waals surface area contributed by atoms with Gasteiger partial charge in [0, 0.05) is 18.0 Å². The van der Waals surface area contributed by atoms with E-state index in [0.29, 0.717) is 5.92 Å². The Kier molecular flexibility index (Phi) is 4.39. The van der Waals surface area contributed by atoms with Crippen molar-refractivity contribution in [1.82, 2.24) is 10.3 Å². The molecular formula is C18H30N2O. The summed E-state index contributed by atoms with van der Waals surface area (Å²) in [6.07, 6.45) is 11.4. The van der Waals surface area contributed by atoms with Crippen molar-refractivity contribution < 1.29 is 4.42 Å². The molecule has 0 bridgehead atoms. The van der Waals surface area contributed by atoms with Crippen LogP contribution in [0.1, 0.15) is 83.1 Å². The topological polar surface area (TPSA) is 38.1 Å². The molecule has 3 atom stereocenters. The van der Waals surface area contributed by atoms with Gasteiger partial charge in [-0.1, -0.05) is 25.7 Å². The van der Waals surface area contributed by atoms with Gasteiger partial charge in [0.25, 0.3) is 0 Å². The highest BCUT2D eigenvalue weighted by Crippen LogP contribution is 2.46. The zero-order valence-electron chi connectivity index (χ0n) is 13.8. The fourth-order valence-corrected chi connectivity index (χ4v) is 4.20. The highest BCUT2D eigenvalue weighted by molar-refractivity contribution is 5.14. The largest absolute Gasteiger partial charge is 0.448 e. The van der Waals surface area contributed by atoms with Gasteiger partial charge in [-0.2, -0.15) is 0 Å². The Balaban J connectivity index is 1.65. The highest BCUT2D eigenvalue weighted by atomic mass is 16.3. The van der Waals surface area contributed by atoms with Gasteiger partial charge in [-0.15, -0.1) is 0 Å². The zero-order chi connectivity index (χ0) is 14.9. The summed E-state index contributed by atoms with van der Waals surface area (Å²) in [5.74, 6) is 3.69. The van der Waals surface area contributed by atoms with Crippen LogP contribution in [0, 0.1) is 11.8 Å². The first-order chi connectivity index (χ1) is 10.0. The van der Waals surface area contributed by atoms with Crippen molar-refractivity contribution in [2.24, 2.45) is 11.8 Å². The average Bonchev–Trinajstić information content (AvgIpc) is 2.92. The minimum Gasteiger partial charge on any atom is -0.448 e. The Bertz CT molecular complexity index is 460. The van der Waals surface area contributed by atoms with Crippen LogP contribution >= 0.6 is 0 Å². The lowest BCUT2D eigenvalue weighted by Gasteiger charge is -2.38. The fourth-order valence-electron chi connectivity index (χ4n) is 4.20. The first kappa shape index (κ1) is 15.1. The van der Waals surface area contributed by atoms with Gasteiger partial charge in [0.2, 0.25) is 0 Å². The Hall–Kier alpha value is -0.830. The third kappa shape index (κ3) is 3.68. The second-order valence-electron chi connectivity index (χ2n) is 8.08. The van der Waals surface area contributed by atoms with Gasteiger partial charge in [0.15, 0.2) is 6.39 Å². The van der Waals surface area contributed by atoms with E-state index in [1.807, 2.05) is 0 Å². The molecule has 0 amide bonds. The van der Waals surface area contributed by atoms with E-state index >= 15 is 0 Å². The van der Waals surface area contributed by atoms with Crippen LogP contribution in [0.3, 0.4) is 0 Å². The summed E-state index contributed by atoms with van der Waals surface area (Å²) in [6.45, 7) is 7.40. The third-order valence-electron chi connectivity index (χ3n) is 5.37. The van der Waals surface area contributed by atoms with Gasteiger partial charge in [0.1, 0.15) is 5.76 Å². The fraction of sp³-hybridized carbons (Fsp3) is 0.833. The molecule has 2 saturated carbocycles. The molecule has 2 fully saturated rings. The normalized spacial score (nSPS) is 30.1. The molecule has 21 heavy (non-hydrogen) atoms. The van der Waals surface area contributed by atoms with E-state index in [1.165, 1.54) is 44.9 Å². The van der Waals surface area contributed by atoms with E-state index in [2.05, 4.69) is 31.1 Å². The van der Waals surface area contributed by atoms with Crippen LogP contribution in [-0.4, -0.2) is 10.5 Å². The van der Waals surface area contributed by atoms with Crippen molar-refractivity contribution in [1.29, 1.82) is 0 Å². The average molecular weight is 290 g/mol. The standard InChI is InChI=1S/C18H30N2O/c1-18(2,3)20-11-16-17(21-12-19-16)15-9-8-13-6-4-5-7-14(13)10-15/h12-15,20H,4-11H2,1-3H3. The van der Waals surface area contributed by atoms with Crippen molar-refractivity contribution in [3.05, 3.63) is 17.8 Å². The van der Waals surface area contributed by atoms with Gasteiger partial charge in [-0.25, -0.2) is 4.98 Å². The van der Waals surface area contributed by atoms with Crippen molar-refractivity contribution in [3.8, 4) is 0 Å². The van der Waals surface area contributed by atoms with Gasteiger partial charge in [0.05, 0.1) is 5.69 Å². The van der Waals surface area contributed by atoms with E-state index in [1.54, 1.807) is 6.39 Å². The summed E-state index contributed by atoms with van der Waals surface area (Å²) in [5.41, 5.74) is 1.25. The number of hydrogen-bond donors (Lipinski definition) is 1. The molecule has 2 aliphatic carbocycles. The maximum absolute atomic E-state index is 5.80. The molecule has 1 N–H and O–H groups in total. The molecular weight excluding hydrogens is 260 g/mol. The molecule has 118 valence electrons. The predicted molar refractivity (Wildman–Crippen MR) is 85.1 cm³/mol. The number of rotatable bonds is 3. The maximum atomic E-state index is 5.80. The summed E-state index contributed by atoms with van der Waals surface area (Å²) >= 11 is 0. The van der Waals surface area contributed by atoms with Crippen molar-refractivity contribution >= 4 is 0 Å². The van der Waals surface area contributed by atoms with Crippen LogP contribution in [0.4, 0.5) is 0 Å². The van der Waals surface area contributed by atoms with Crippen LogP contribution in [0.25, 0.3) is 0 Å². The number of hydrogen-bond acceptors (Lipinski definition) is 3. The van der Waals surface area contributed by atoms with Gasteiger partial charge in [-0.05, 0) is 51.9 Å². The number of nitrogens with one attached hydrogen (secondary N) is 1. The van der Waals surface area contributed by atoms with Crippen LogP contribution in [0.15, 0.2) is 10.8 Å². The van der Waals surface area contributed by atoms with Crippen LogP contribution in [0.5, 0.6) is 0 Å². The molecule has 3 unspecified atom stereocenters. The Morgan fingerprint density at radius 1 is 1.14 bits per heavy atom. The van der Waals surface area contributed by atoms with Crippen LogP contribution < -0.4 is 5.32 Å². The van der Waals surface area contributed by atoms with Crippen LogP contribution in [0.2, 0.25) is 0 Å². The number of nitrogens with zero attached hydrogens (tertiary/aromatic N) is 1. The quantitative estimate of drug-likeness (QED) is 0.881. The monoisotopic (exact) mass is 290 g/mol. The molecule has 0 aromatic carbocycles. The van der Waals surface area contributed by atoms with Crippen molar-refractivity contribution in [2.75, 3.05) is 0 Å². The SMILES string of the molecule is CC(C)(C)NCc1ncoc1C1CCC2CCCCC2C1. The number of aromatic nitrogens is 1. The lowest BCUT2D eigenvalue weighted by molar-refractivity contribution is 0.147. The van der Waals surface area contributed by atoms with E-state index in [9.17, 15) is 0 Å². The molecule has 1 aromatic heterocycles. The summed E-state index contributed by atoms with van der Waals surface area (Å²) in [4.78, 5) is 4.47. The first-order valence-corrected chi connectivity index (χ1v) is 8.70.